The van der Waals surface area contributed by atoms with Gasteiger partial charge in [0.05, 0.1) is 10.0 Å². The minimum atomic E-state index is -0.742. The molecule has 0 saturated carbocycles. The Hall–Kier alpha value is -1.24. The molecule has 0 radical (unpaired) electrons. The summed E-state index contributed by atoms with van der Waals surface area (Å²) >= 11 is 11.9. The van der Waals surface area contributed by atoms with Crippen molar-refractivity contribution in [2.45, 2.75) is 25.8 Å². The zero-order chi connectivity index (χ0) is 17.7. The van der Waals surface area contributed by atoms with Crippen LogP contribution in [-0.4, -0.2) is 54.9 Å². The average Bonchev–Trinajstić information content (AvgIpc) is 3.02. The summed E-state index contributed by atoms with van der Waals surface area (Å²) in [7, 11) is 0. The van der Waals surface area contributed by atoms with Crippen molar-refractivity contribution in [2.24, 2.45) is 0 Å². The highest BCUT2D eigenvalue weighted by Gasteiger charge is 2.27. The maximum absolute atomic E-state index is 12.5. The molecule has 1 aliphatic rings. The van der Waals surface area contributed by atoms with E-state index in [9.17, 15) is 14.3 Å². The number of benzene rings is 1. The number of phenols is 1. The molecule has 134 valence electrons. The van der Waals surface area contributed by atoms with Crippen LogP contribution in [0.1, 0.15) is 30.1 Å². The highest BCUT2D eigenvalue weighted by Crippen LogP contribution is 2.40. The van der Waals surface area contributed by atoms with Crippen molar-refractivity contribution in [1.29, 1.82) is 0 Å². The van der Waals surface area contributed by atoms with Gasteiger partial charge in [0.1, 0.15) is 18.8 Å². The molecule has 1 aromatic carbocycles. The van der Waals surface area contributed by atoms with Gasteiger partial charge in [0.2, 0.25) is 0 Å². The fourth-order valence-electron chi connectivity index (χ4n) is 2.93. The largest absolute Gasteiger partial charge is 0.505 e. The van der Waals surface area contributed by atoms with Gasteiger partial charge < -0.3 is 15.2 Å². The number of nitrogens with one attached hydrogen (secondary N) is 1. The van der Waals surface area contributed by atoms with Crippen molar-refractivity contribution in [2.75, 3.05) is 32.9 Å². The van der Waals surface area contributed by atoms with E-state index in [0.717, 1.165) is 25.9 Å². The lowest BCUT2D eigenvalue weighted by Gasteiger charge is -2.23. The van der Waals surface area contributed by atoms with Crippen LogP contribution >= 0.6 is 23.2 Å². The van der Waals surface area contributed by atoms with E-state index in [4.69, 9.17) is 27.9 Å². The van der Waals surface area contributed by atoms with E-state index in [1.165, 1.54) is 6.07 Å². The molecule has 1 atom stereocenters. The highest BCUT2D eigenvalue weighted by atomic mass is 35.5. The summed E-state index contributed by atoms with van der Waals surface area (Å²) in [4.78, 5) is 14.8. The molecule has 0 spiro atoms. The number of hydrogen-bond acceptors (Lipinski definition) is 4. The fourth-order valence-corrected chi connectivity index (χ4v) is 3.44. The van der Waals surface area contributed by atoms with Gasteiger partial charge in [0.25, 0.3) is 5.91 Å². The molecule has 5 nitrogen and oxygen atoms in total. The Labute approximate surface area is 150 Å². The molecule has 1 heterocycles. The first-order chi connectivity index (χ1) is 11.5. The summed E-state index contributed by atoms with van der Waals surface area (Å²) in [5.41, 5.74) is -0.165. The maximum atomic E-state index is 12.5. The van der Waals surface area contributed by atoms with Gasteiger partial charge in [-0.15, -0.1) is 0 Å². The van der Waals surface area contributed by atoms with Gasteiger partial charge in [0.15, 0.2) is 11.5 Å². The SMILES string of the molecule is CCN1CCC[C@H]1CNC(=O)c1c(O)c(Cl)cc(Cl)c1OCCF. The number of likely N-dealkylation sites (N-methyl/N-ethyl adjacent to an activating group) is 1. The minimum Gasteiger partial charge on any atom is -0.505 e. The monoisotopic (exact) mass is 378 g/mol. The Bertz CT molecular complexity index is 601. The summed E-state index contributed by atoms with van der Waals surface area (Å²) in [6, 6.07) is 1.52. The minimum absolute atomic E-state index is 0.0486. The van der Waals surface area contributed by atoms with Crippen molar-refractivity contribution in [3.63, 3.8) is 0 Å². The number of hydrogen-bond donors (Lipinski definition) is 2. The number of ether oxygens (including phenoxy) is 1. The average molecular weight is 379 g/mol. The zero-order valence-electron chi connectivity index (χ0n) is 13.4. The zero-order valence-corrected chi connectivity index (χ0v) is 15.0. The third-order valence-electron chi connectivity index (χ3n) is 4.11. The molecular weight excluding hydrogens is 358 g/mol. The van der Waals surface area contributed by atoms with Gasteiger partial charge >= 0.3 is 0 Å². The van der Waals surface area contributed by atoms with Gasteiger partial charge in [-0.1, -0.05) is 30.1 Å². The number of likely N-dealkylation sites (tertiary alicyclic amines) is 1. The molecule has 24 heavy (non-hydrogen) atoms. The molecule has 2 N–H and O–H groups in total. The maximum Gasteiger partial charge on any atom is 0.259 e. The normalized spacial score (nSPS) is 17.9. The topological polar surface area (TPSA) is 61.8 Å². The van der Waals surface area contributed by atoms with Crippen molar-refractivity contribution in [1.82, 2.24) is 10.2 Å². The Morgan fingerprint density at radius 2 is 2.25 bits per heavy atom. The summed E-state index contributed by atoms with van der Waals surface area (Å²) in [6.07, 6.45) is 2.09. The molecular formula is C16H21Cl2FN2O3. The van der Waals surface area contributed by atoms with Crippen LogP contribution in [0.5, 0.6) is 11.5 Å². The lowest BCUT2D eigenvalue weighted by Crippen LogP contribution is -2.40. The second-order valence-electron chi connectivity index (χ2n) is 5.57. The second-order valence-corrected chi connectivity index (χ2v) is 6.38. The fraction of sp³-hybridized carbons (Fsp3) is 0.562. The number of amides is 1. The van der Waals surface area contributed by atoms with Crippen LogP contribution < -0.4 is 10.1 Å². The number of nitrogens with zero attached hydrogens (tertiary/aromatic N) is 1. The van der Waals surface area contributed by atoms with Crippen molar-refractivity contribution < 1.29 is 19.0 Å². The van der Waals surface area contributed by atoms with Crippen LogP contribution in [0.4, 0.5) is 4.39 Å². The Morgan fingerprint density at radius 3 is 2.92 bits per heavy atom. The number of carbonyl (C=O) groups is 1. The molecule has 0 unspecified atom stereocenters. The molecule has 1 fully saturated rings. The Morgan fingerprint density at radius 1 is 1.50 bits per heavy atom. The van der Waals surface area contributed by atoms with E-state index in [2.05, 4.69) is 17.1 Å². The van der Waals surface area contributed by atoms with Crippen LogP contribution in [0.2, 0.25) is 10.0 Å². The van der Waals surface area contributed by atoms with Crippen LogP contribution in [0.25, 0.3) is 0 Å². The summed E-state index contributed by atoms with van der Waals surface area (Å²) in [5.74, 6) is -1.03. The van der Waals surface area contributed by atoms with E-state index in [0.29, 0.717) is 6.54 Å². The molecule has 8 heteroatoms. The summed E-state index contributed by atoms with van der Waals surface area (Å²) in [6.45, 7) is 3.43. The first-order valence-electron chi connectivity index (χ1n) is 7.91. The smallest absolute Gasteiger partial charge is 0.259 e. The molecule has 1 saturated heterocycles. The number of rotatable bonds is 7. The molecule has 0 bridgehead atoms. The predicted molar refractivity (Wildman–Crippen MR) is 92.2 cm³/mol. The molecule has 2 rings (SSSR count). The Balaban J connectivity index is 2.18. The van der Waals surface area contributed by atoms with Gasteiger partial charge in [-0.3, -0.25) is 9.69 Å². The van der Waals surface area contributed by atoms with E-state index >= 15 is 0 Å². The third-order valence-corrected chi connectivity index (χ3v) is 4.68. The molecule has 1 aliphatic heterocycles. The highest BCUT2D eigenvalue weighted by molar-refractivity contribution is 6.37. The van der Waals surface area contributed by atoms with Crippen LogP contribution in [0.15, 0.2) is 6.07 Å². The number of aromatic hydroxyl groups is 1. The lowest BCUT2D eigenvalue weighted by molar-refractivity contribution is 0.0934. The summed E-state index contributed by atoms with van der Waals surface area (Å²) in [5, 5.41) is 12.9. The quantitative estimate of drug-likeness (QED) is 0.764. The number of halogens is 3. The predicted octanol–water partition coefficient (Wildman–Crippen LogP) is 3.26. The number of alkyl halides is 1. The lowest BCUT2D eigenvalue weighted by atomic mass is 10.1. The third kappa shape index (κ3) is 4.23. The van der Waals surface area contributed by atoms with Gasteiger partial charge in [-0.2, -0.15) is 0 Å². The van der Waals surface area contributed by atoms with E-state index in [1.54, 1.807) is 0 Å². The van der Waals surface area contributed by atoms with E-state index in [-0.39, 0.29) is 34.0 Å². The molecule has 0 aliphatic carbocycles. The second kappa shape index (κ2) is 8.74. The standard InChI is InChI=1S/C16H21Cl2FN2O3/c1-2-21-6-3-4-10(21)9-20-16(23)13-14(22)11(17)8-12(18)15(13)24-7-5-19/h8,10,22H,2-7,9H2,1H3,(H,20,23)/t10-/m0/s1. The van der Waals surface area contributed by atoms with Gasteiger partial charge in [0, 0.05) is 12.6 Å². The first kappa shape index (κ1) is 19.1. The first-order valence-corrected chi connectivity index (χ1v) is 8.67. The van der Waals surface area contributed by atoms with Crippen molar-refractivity contribution in [3.05, 3.63) is 21.7 Å². The molecule has 0 aromatic heterocycles. The van der Waals surface area contributed by atoms with Crippen molar-refractivity contribution >= 4 is 29.1 Å². The summed E-state index contributed by atoms with van der Waals surface area (Å²) < 4.78 is 17.6. The van der Waals surface area contributed by atoms with Crippen LogP contribution in [0.3, 0.4) is 0 Å². The van der Waals surface area contributed by atoms with Crippen LogP contribution in [-0.2, 0) is 0 Å². The number of carbonyl (C=O) groups excluding carboxylic acids is 1. The Kier molecular flexibility index (Phi) is 6.95. The van der Waals surface area contributed by atoms with E-state index in [1.807, 2.05) is 0 Å². The molecule has 1 aromatic rings. The van der Waals surface area contributed by atoms with Gasteiger partial charge in [-0.05, 0) is 32.0 Å². The van der Waals surface area contributed by atoms with E-state index < -0.39 is 18.3 Å². The van der Waals surface area contributed by atoms with Gasteiger partial charge in [-0.25, -0.2) is 4.39 Å². The molecule has 1 amide bonds. The number of phenolic OH excluding ortho intramolecular Hbond substituents is 1. The van der Waals surface area contributed by atoms with Crippen LogP contribution in [0, 0.1) is 0 Å². The van der Waals surface area contributed by atoms with Crippen molar-refractivity contribution in [3.8, 4) is 11.5 Å².